The topological polar surface area (TPSA) is 83.5 Å². The number of alkyl halides is 4. The van der Waals surface area contributed by atoms with Crippen LogP contribution < -0.4 is 5.32 Å². The van der Waals surface area contributed by atoms with Gasteiger partial charge in [-0.15, -0.1) is 0 Å². The second-order valence-electron chi connectivity index (χ2n) is 8.33. The molecule has 186 valence electrons. The molecule has 0 bridgehead atoms. The second kappa shape index (κ2) is 9.43. The van der Waals surface area contributed by atoms with Gasteiger partial charge in [0.15, 0.2) is 9.84 Å². The van der Waals surface area contributed by atoms with E-state index in [1.807, 2.05) is 0 Å². The minimum Gasteiger partial charge on any atom is -0.387 e. The van der Waals surface area contributed by atoms with E-state index in [0.29, 0.717) is 18.4 Å². The molecule has 3 unspecified atom stereocenters. The van der Waals surface area contributed by atoms with Crippen LogP contribution in [0.5, 0.6) is 0 Å². The van der Waals surface area contributed by atoms with E-state index in [2.05, 4.69) is 5.32 Å². The number of nitrogens with one attached hydrogen (secondary N) is 1. The highest BCUT2D eigenvalue weighted by Gasteiger charge is 2.44. The summed E-state index contributed by atoms with van der Waals surface area (Å²) in [6.45, 7) is -0.500. The van der Waals surface area contributed by atoms with E-state index >= 15 is 0 Å². The fraction of sp³-hybridized carbons (Fsp3) is 0.409. The molecule has 12 heteroatoms. The molecule has 1 aliphatic carbocycles. The third-order valence-electron chi connectivity index (χ3n) is 5.90. The number of carbonyl (C=O) groups is 1. The minimum absolute atomic E-state index is 0.0509. The molecule has 3 rings (SSSR count). The van der Waals surface area contributed by atoms with Crippen molar-refractivity contribution in [2.75, 3.05) is 12.8 Å². The third-order valence-corrected chi connectivity index (χ3v) is 7.43. The molecule has 34 heavy (non-hydrogen) atoms. The molecular formula is C22H21ClF5NO4S. The lowest BCUT2D eigenvalue weighted by Crippen LogP contribution is -2.50. The van der Waals surface area contributed by atoms with Gasteiger partial charge in [0.2, 0.25) is 0 Å². The van der Waals surface area contributed by atoms with Crippen molar-refractivity contribution in [2.45, 2.75) is 48.0 Å². The Labute approximate surface area is 197 Å². The third kappa shape index (κ3) is 5.52. The number of benzene rings is 2. The number of rotatable bonds is 5. The number of hydrogen-bond acceptors (Lipinski definition) is 4. The average Bonchev–Trinajstić information content (AvgIpc) is 2.74. The first kappa shape index (κ1) is 26.4. The maximum absolute atomic E-state index is 14.2. The molecule has 2 aromatic carbocycles. The Morgan fingerprint density at radius 1 is 1.26 bits per heavy atom. The largest absolute Gasteiger partial charge is 0.416 e. The summed E-state index contributed by atoms with van der Waals surface area (Å²) in [7, 11) is -4.22. The molecule has 5 nitrogen and oxygen atoms in total. The number of amides is 1. The van der Waals surface area contributed by atoms with E-state index in [1.165, 1.54) is 12.1 Å². The summed E-state index contributed by atoms with van der Waals surface area (Å²) in [4.78, 5) is 11.9. The van der Waals surface area contributed by atoms with Gasteiger partial charge in [0, 0.05) is 18.7 Å². The molecule has 0 radical (unpaired) electrons. The van der Waals surface area contributed by atoms with Crippen LogP contribution >= 0.6 is 11.6 Å². The van der Waals surface area contributed by atoms with Crippen LogP contribution in [-0.4, -0.2) is 44.0 Å². The van der Waals surface area contributed by atoms with E-state index in [-0.39, 0.29) is 29.8 Å². The van der Waals surface area contributed by atoms with Crippen molar-refractivity contribution in [2.24, 2.45) is 0 Å². The molecule has 2 aromatic rings. The van der Waals surface area contributed by atoms with Gasteiger partial charge < -0.3 is 10.4 Å². The highest BCUT2D eigenvalue weighted by molar-refractivity contribution is 7.90. The van der Waals surface area contributed by atoms with E-state index in [9.17, 15) is 40.3 Å². The Morgan fingerprint density at radius 2 is 1.94 bits per heavy atom. The molecule has 1 saturated carbocycles. The van der Waals surface area contributed by atoms with Crippen molar-refractivity contribution in [3.63, 3.8) is 0 Å². The molecule has 0 saturated heterocycles. The Kier molecular flexibility index (Phi) is 7.31. The fourth-order valence-electron chi connectivity index (χ4n) is 4.11. The molecular weight excluding hydrogens is 505 g/mol. The highest BCUT2D eigenvalue weighted by Crippen LogP contribution is 2.44. The molecule has 1 aliphatic rings. The van der Waals surface area contributed by atoms with Gasteiger partial charge in [-0.05, 0) is 49.1 Å². The number of sulfone groups is 1. The van der Waals surface area contributed by atoms with Gasteiger partial charge in [0.1, 0.15) is 12.0 Å². The van der Waals surface area contributed by atoms with Crippen LogP contribution in [0.15, 0.2) is 41.3 Å². The molecule has 1 amide bonds. The first-order valence-corrected chi connectivity index (χ1v) is 12.4. The summed E-state index contributed by atoms with van der Waals surface area (Å²) in [5, 5.41) is 13.3. The molecule has 0 heterocycles. The van der Waals surface area contributed by atoms with Gasteiger partial charge in [0.05, 0.1) is 26.6 Å². The smallest absolute Gasteiger partial charge is 0.387 e. The lowest BCUT2D eigenvalue weighted by molar-refractivity contribution is -0.137. The molecule has 0 aromatic heterocycles. The number of hydrogen-bond donors (Lipinski definition) is 2. The van der Waals surface area contributed by atoms with E-state index in [4.69, 9.17) is 11.6 Å². The molecule has 3 atom stereocenters. The first-order valence-electron chi connectivity index (χ1n) is 10.1. The molecule has 0 spiro atoms. The standard InChI is InChI=1S/C22H21ClF5NO4S/c1-34(32,33)18-9-12(22(26,27)28)5-6-15(18)20(30)29-11-21(31)8-7-13(24)10-16(21)14-3-2-4-17(25)19(14)23/h2-6,9,13,16,31H,7-8,10-11H2,1H3,(H,29,30). The van der Waals surface area contributed by atoms with Crippen LogP contribution in [0, 0.1) is 5.82 Å². The molecule has 1 fully saturated rings. The van der Waals surface area contributed by atoms with E-state index in [1.54, 1.807) is 0 Å². The van der Waals surface area contributed by atoms with Crippen LogP contribution in [0.3, 0.4) is 0 Å². The Hall–Kier alpha value is -2.24. The SMILES string of the molecule is CS(=O)(=O)c1cc(C(F)(F)F)ccc1C(=O)NCC1(O)CCC(F)CC1c1cccc(F)c1Cl. The predicted molar refractivity (Wildman–Crippen MR) is 115 cm³/mol. The Balaban J connectivity index is 1.91. The van der Waals surface area contributed by atoms with Crippen molar-refractivity contribution in [3.05, 3.63) is 63.9 Å². The summed E-state index contributed by atoms with van der Waals surface area (Å²) in [5.41, 5.74) is -3.41. The van der Waals surface area contributed by atoms with Gasteiger partial charge in [-0.25, -0.2) is 17.2 Å². The van der Waals surface area contributed by atoms with Gasteiger partial charge >= 0.3 is 6.18 Å². The number of aliphatic hydroxyl groups is 1. The highest BCUT2D eigenvalue weighted by atomic mass is 35.5. The summed E-state index contributed by atoms with van der Waals surface area (Å²) < 4.78 is 91.4. The van der Waals surface area contributed by atoms with E-state index in [0.717, 1.165) is 12.1 Å². The zero-order valence-electron chi connectivity index (χ0n) is 17.8. The summed E-state index contributed by atoms with van der Waals surface area (Å²) in [5.74, 6) is -2.81. The van der Waals surface area contributed by atoms with Crippen molar-refractivity contribution >= 4 is 27.3 Å². The van der Waals surface area contributed by atoms with Crippen molar-refractivity contribution in [3.8, 4) is 0 Å². The number of carbonyl (C=O) groups excluding carboxylic acids is 1. The maximum Gasteiger partial charge on any atom is 0.416 e. The van der Waals surface area contributed by atoms with Crippen LogP contribution in [0.2, 0.25) is 5.02 Å². The Bertz CT molecular complexity index is 1200. The average molecular weight is 526 g/mol. The fourth-order valence-corrected chi connectivity index (χ4v) is 5.27. The van der Waals surface area contributed by atoms with Crippen LogP contribution in [0.4, 0.5) is 22.0 Å². The predicted octanol–water partition coefficient (Wildman–Crippen LogP) is 4.67. The van der Waals surface area contributed by atoms with Crippen molar-refractivity contribution < 1.29 is 40.3 Å². The number of halogens is 6. The lowest BCUT2D eigenvalue weighted by Gasteiger charge is -2.42. The normalized spacial score (nSPS) is 23.5. The lowest BCUT2D eigenvalue weighted by atomic mass is 9.71. The van der Waals surface area contributed by atoms with Crippen molar-refractivity contribution in [1.29, 1.82) is 0 Å². The van der Waals surface area contributed by atoms with Gasteiger partial charge in [-0.3, -0.25) is 4.79 Å². The minimum atomic E-state index is -4.83. The van der Waals surface area contributed by atoms with Gasteiger partial charge in [0.25, 0.3) is 5.91 Å². The molecule has 2 N–H and O–H groups in total. The van der Waals surface area contributed by atoms with Crippen LogP contribution in [0.25, 0.3) is 0 Å². The van der Waals surface area contributed by atoms with Crippen LogP contribution in [0.1, 0.15) is 46.7 Å². The Morgan fingerprint density at radius 3 is 2.56 bits per heavy atom. The maximum atomic E-state index is 14.2. The van der Waals surface area contributed by atoms with Gasteiger partial charge in [-0.2, -0.15) is 13.2 Å². The quantitative estimate of drug-likeness (QED) is 0.556. The van der Waals surface area contributed by atoms with Crippen molar-refractivity contribution in [1.82, 2.24) is 5.32 Å². The van der Waals surface area contributed by atoms with E-state index < -0.39 is 68.0 Å². The molecule has 0 aliphatic heterocycles. The summed E-state index contributed by atoms with van der Waals surface area (Å²) in [6, 6.07) is 5.54. The first-order chi connectivity index (χ1) is 15.6. The zero-order chi connectivity index (χ0) is 25.5. The summed E-state index contributed by atoms with van der Waals surface area (Å²) in [6.07, 6.45) is -5.86. The second-order valence-corrected chi connectivity index (χ2v) is 10.7. The zero-order valence-corrected chi connectivity index (χ0v) is 19.4. The van der Waals surface area contributed by atoms with Gasteiger partial charge in [-0.1, -0.05) is 23.7 Å². The van der Waals surface area contributed by atoms with Crippen LogP contribution in [-0.2, 0) is 16.0 Å². The monoisotopic (exact) mass is 525 g/mol. The summed E-state index contributed by atoms with van der Waals surface area (Å²) >= 11 is 6.03.